The summed E-state index contributed by atoms with van der Waals surface area (Å²) >= 11 is 0. The molecule has 0 atom stereocenters. The Hall–Kier alpha value is -2.57. The van der Waals surface area contributed by atoms with Crippen LogP contribution in [0, 0.1) is 31.3 Å². The number of pyridine rings is 1. The van der Waals surface area contributed by atoms with Gasteiger partial charge in [-0.25, -0.2) is 13.2 Å². The van der Waals surface area contributed by atoms with Gasteiger partial charge in [0.05, 0.1) is 0 Å². The molecule has 0 fully saturated rings. The molecule has 0 aliphatic rings. The Morgan fingerprint density at radius 2 is 1.86 bits per heavy atom. The third kappa shape index (κ3) is 3.03. The molecule has 22 heavy (non-hydrogen) atoms. The number of hydrogen-bond acceptors (Lipinski definition) is 2. The summed E-state index contributed by atoms with van der Waals surface area (Å²) in [5.74, 6) is -5.00. The van der Waals surface area contributed by atoms with Crippen LogP contribution in [0.5, 0.6) is 0 Å². The number of H-pyrrole nitrogens is 1. The molecule has 1 heterocycles. The molecule has 0 bridgehead atoms. The van der Waals surface area contributed by atoms with Crippen molar-refractivity contribution >= 4 is 5.91 Å². The Balaban J connectivity index is 2.19. The molecule has 7 heteroatoms. The van der Waals surface area contributed by atoms with Crippen molar-refractivity contribution in [1.82, 2.24) is 10.3 Å². The van der Waals surface area contributed by atoms with E-state index in [1.165, 1.54) is 6.07 Å². The van der Waals surface area contributed by atoms with E-state index in [4.69, 9.17) is 0 Å². The lowest BCUT2D eigenvalue weighted by Gasteiger charge is -2.08. The van der Waals surface area contributed by atoms with Crippen LogP contribution in [0.2, 0.25) is 0 Å². The molecule has 4 nitrogen and oxygen atoms in total. The lowest BCUT2D eigenvalue weighted by Crippen LogP contribution is -2.30. The van der Waals surface area contributed by atoms with Gasteiger partial charge in [0.15, 0.2) is 17.5 Å². The van der Waals surface area contributed by atoms with Gasteiger partial charge in [0.1, 0.15) is 5.56 Å². The summed E-state index contributed by atoms with van der Waals surface area (Å²) in [5, 5.41) is 2.30. The number of aromatic amines is 1. The Morgan fingerprint density at radius 3 is 2.55 bits per heavy atom. The molecular formula is C15H13F3N2O2. The third-order valence-electron chi connectivity index (χ3n) is 3.30. The Bertz CT molecular complexity index is 800. The number of carbonyl (C=O) groups is 1. The number of hydrogen-bond donors (Lipinski definition) is 2. The van der Waals surface area contributed by atoms with E-state index >= 15 is 0 Å². The first-order valence-corrected chi connectivity index (χ1v) is 6.42. The maximum absolute atomic E-state index is 13.5. The second-order valence-electron chi connectivity index (χ2n) is 4.84. The number of carbonyl (C=O) groups excluding carboxylic acids is 1. The molecule has 0 aliphatic heterocycles. The van der Waals surface area contributed by atoms with Crippen LogP contribution in [0.4, 0.5) is 13.2 Å². The minimum Gasteiger partial charge on any atom is -0.348 e. The van der Waals surface area contributed by atoms with Crippen LogP contribution in [0.3, 0.4) is 0 Å². The highest BCUT2D eigenvalue weighted by atomic mass is 19.2. The predicted octanol–water partition coefficient (Wildman–Crippen LogP) is 2.34. The number of aryl methyl sites for hydroxylation is 2. The van der Waals surface area contributed by atoms with E-state index in [-0.39, 0.29) is 17.7 Å². The van der Waals surface area contributed by atoms with Crippen molar-refractivity contribution in [1.29, 1.82) is 0 Å². The number of halogens is 3. The van der Waals surface area contributed by atoms with E-state index in [2.05, 4.69) is 10.3 Å². The number of rotatable bonds is 3. The highest BCUT2D eigenvalue weighted by Gasteiger charge is 2.16. The SMILES string of the molecule is Cc1cc(C(=O)NCc2ccc(F)c(F)c2F)c(=O)[nH]c1C. The van der Waals surface area contributed by atoms with Crippen molar-refractivity contribution in [3.8, 4) is 0 Å². The van der Waals surface area contributed by atoms with Gasteiger partial charge < -0.3 is 10.3 Å². The largest absolute Gasteiger partial charge is 0.348 e. The summed E-state index contributed by atoms with van der Waals surface area (Å²) in [5.41, 5.74) is 0.418. The van der Waals surface area contributed by atoms with Crippen LogP contribution >= 0.6 is 0 Å². The average molecular weight is 310 g/mol. The van der Waals surface area contributed by atoms with Gasteiger partial charge in [-0.15, -0.1) is 0 Å². The summed E-state index contributed by atoms with van der Waals surface area (Å²) < 4.78 is 39.4. The van der Waals surface area contributed by atoms with Gasteiger partial charge >= 0.3 is 0 Å². The first kappa shape index (κ1) is 15.8. The fraction of sp³-hybridized carbons (Fsp3) is 0.200. The van der Waals surface area contributed by atoms with Crippen molar-refractivity contribution < 1.29 is 18.0 Å². The van der Waals surface area contributed by atoms with E-state index in [0.29, 0.717) is 11.3 Å². The number of aromatic nitrogens is 1. The van der Waals surface area contributed by atoms with Crippen molar-refractivity contribution in [2.45, 2.75) is 20.4 Å². The Labute approximate surface area is 124 Å². The topological polar surface area (TPSA) is 62.0 Å². The molecule has 2 rings (SSSR count). The average Bonchev–Trinajstić information content (AvgIpc) is 2.47. The lowest BCUT2D eigenvalue weighted by atomic mass is 10.1. The van der Waals surface area contributed by atoms with Gasteiger partial charge in [0.25, 0.3) is 11.5 Å². The van der Waals surface area contributed by atoms with Crippen molar-refractivity contribution in [2.24, 2.45) is 0 Å². The molecule has 2 N–H and O–H groups in total. The second kappa shape index (κ2) is 6.05. The van der Waals surface area contributed by atoms with Crippen molar-refractivity contribution in [3.05, 3.63) is 68.4 Å². The second-order valence-corrected chi connectivity index (χ2v) is 4.84. The highest BCUT2D eigenvalue weighted by molar-refractivity contribution is 5.93. The molecule has 1 aromatic heterocycles. The zero-order valence-electron chi connectivity index (χ0n) is 11.9. The van der Waals surface area contributed by atoms with Gasteiger partial charge in [-0.3, -0.25) is 9.59 Å². The maximum Gasteiger partial charge on any atom is 0.261 e. The van der Waals surface area contributed by atoms with E-state index in [9.17, 15) is 22.8 Å². The van der Waals surface area contributed by atoms with Gasteiger partial charge in [0.2, 0.25) is 0 Å². The molecule has 0 aliphatic carbocycles. The minimum absolute atomic E-state index is 0.133. The summed E-state index contributed by atoms with van der Waals surface area (Å²) in [4.78, 5) is 26.2. The number of amides is 1. The van der Waals surface area contributed by atoms with Crippen molar-refractivity contribution in [2.75, 3.05) is 0 Å². The van der Waals surface area contributed by atoms with Crippen LogP contribution in [0.1, 0.15) is 27.2 Å². The molecule has 0 unspecified atom stereocenters. The van der Waals surface area contributed by atoms with Crippen LogP contribution in [0.25, 0.3) is 0 Å². The first-order chi connectivity index (χ1) is 10.3. The first-order valence-electron chi connectivity index (χ1n) is 6.42. The van der Waals surface area contributed by atoms with Crippen LogP contribution < -0.4 is 10.9 Å². The van der Waals surface area contributed by atoms with Crippen LogP contribution in [-0.2, 0) is 6.54 Å². The van der Waals surface area contributed by atoms with Gasteiger partial charge in [-0.05, 0) is 31.5 Å². The maximum atomic E-state index is 13.5. The fourth-order valence-corrected chi connectivity index (χ4v) is 1.87. The van der Waals surface area contributed by atoms with E-state index in [0.717, 1.165) is 12.1 Å². The number of benzene rings is 1. The molecule has 0 saturated heterocycles. The molecule has 0 spiro atoms. The standard InChI is InChI=1S/C15H13F3N2O2/c1-7-5-10(15(22)20-8(7)2)14(21)19-6-9-3-4-11(16)13(18)12(9)17/h3-5H,6H2,1-2H3,(H,19,21)(H,20,22). The van der Waals surface area contributed by atoms with E-state index in [1.54, 1.807) is 13.8 Å². The molecular weight excluding hydrogens is 297 g/mol. The van der Waals surface area contributed by atoms with Crippen molar-refractivity contribution in [3.63, 3.8) is 0 Å². The summed E-state index contributed by atoms with van der Waals surface area (Å²) in [7, 11) is 0. The number of nitrogens with one attached hydrogen (secondary N) is 2. The molecule has 1 amide bonds. The highest BCUT2D eigenvalue weighted by Crippen LogP contribution is 2.15. The Kier molecular flexibility index (Phi) is 4.35. The van der Waals surface area contributed by atoms with E-state index < -0.39 is 28.9 Å². The molecule has 2 aromatic rings. The molecule has 0 saturated carbocycles. The summed E-state index contributed by atoms with van der Waals surface area (Å²) in [6, 6.07) is 3.20. The van der Waals surface area contributed by atoms with E-state index in [1.807, 2.05) is 0 Å². The Morgan fingerprint density at radius 1 is 1.18 bits per heavy atom. The smallest absolute Gasteiger partial charge is 0.261 e. The third-order valence-corrected chi connectivity index (χ3v) is 3.30. The minimum atomic E-state index is -1.60. The van der Waals surface area contributed by atoms with Crippen LogP contribution in [0.15, 0.2) is 23.0 Å². The summed E-state index contributed by atoms with van der Waals surface area (Å²) in [6.07, 6.45) is 0. The van der Waals surface area contributed by atoms with Crippen LogP contribution in [-0.4, -0.2) is 10.9 Å². The monoisotopic (exact) mass is 310 g/mol. The molecule has 0 radical (unpaired) electrons. The van der Waals surface area contributed by atoms with Gasteiger partial charge in [-0.2, -0.15) is 0 Å². The quantitative estimate of drug-likeness (QED) is 0.855. The lowest BCUT2D eigenvalue weighted by molar-refractivity contribution is 0.0949. The normalized spacial score (nSPS) is 10.6. The molecule has 116 valence electrons. The van der Waals surface area contributed by atoms with Gasteiger partial charge in [-0.1, -0.05) is 6.07 Å². The van der Waals surface area contributed by atoms with Gasteiger partial charge in [0, 0.05) is 17.8 Å². The molecule has 1 aromatic carbocycles. The zero-order valence-corrected chi connectivity index (χ0v) is 11.9. The summed E-state index contributed by atoms with van der Waals surface area (Å²) in [6.45, 7) is 3.04. The fourth-order valence-electron chi connectivity index (χ4n) is 1.87. The predicted molar refractivity (Wildman–Crippen MR) is 74.0 cm³/mol. The zero-order chi connectivity index (χ0) is 16.4.